The summed E-state index contributed by atoms with van der Waals surface area (Å²) in [5, 5.41) is 0. The van der Waals surface area contributed by atoms with Crippen molar-refractivity contribution in [2.45, 2.75) is 27.2 Å². The summed E-state index contributed by atoms with van der Waals surface area (Å²) < 4.78 is 0. The molecule has 1 heteroatoms. The molecule has 1 rings (SSSR count). The van der Waals surface area contributed by atoms with Crippen molar-refractivity contribution >= 4 is 11.8 Å². The van der Waals surface area contributed by atoms with Gasteiger partial charge in [-0.25, -0.2) is 0 Å². The van der Waals surface area contributed by atoms with Gasteiger partial charge in [0, 0.05) is 0 Å². The first kappa shape index (κ1) is 7.93. The third kappa shape index (κ3) is 1.91. The molecule has 0 aromatic rings. The lowest BCUT2D eigenvalue weighted by atomic mass is 10.1. The molecule has 0 N–H and O–H groups in total. The minimum atomic E-state index is 0.696. The lowest BCUT2D eigenvalue weighted by molar-refractivity contribution is 0.767. The van der Waals surface area contributed by atoms with Gasteiger partial charge >= 0.3 is 0 Å². The van der Waals surface area contributed by atoms with Crippen LogP contribution in [0.3, 0.4) is 0 Å². The Hall–Kier alpha value is -0.170. The molecule has 0 nitrogen and oxygen atoms in total. The number of allylic oxidation sites excluding steroid dienone is 4. The summed E-state index contributed by atoms with van der Waals surface area (Å²) in [6.07, 6.45) is 5.92. The first-order valence-corrected chi connectivity index (χ1v) is 4.58. The Morgan fingerprint density at radius 1 is 1.30 bits per heavy atom. The van der Waals surface area contributed by atoms with Crippen LogP contribution in [0.1, 0.15) is 27.2 Å². The fourth-order valence-corrected chi connectivity index (χ4v) is 2.20. The van der Waals surface area contributed by atoms with E-state index in [9.17, 15) is 0 Å². The SMILES string of the molecule is CCC1C=C(C)SC(C)=C1. The van der Waals surface area contributed by atoms with E-state index in [2.05, 4.69) is 32.9 Å². The van der Waals surface area contributed by atoms with Crippen LogP contribution in [0, 0.1) is 5.92 Å². The van der Waals surface area contributed by atoms with E-state index >= 15 is 0 Å². The van der Waals surface area contributed by atoms with Crippen LogP contribution in [0.15, 0.2) is 22.0 Å². The predicted molar refractivity (Wildman–Crippen MR) is 48.9 cm³/mol. The van der Waals surface area contributed by atoms with Crippen molar-refractivity contribution in [2.75, 3.05) is 0 Å². The number of thioether (sulfide) groups is 1. The van der Waals surface area contributed by atoms with E-state index in [0.717, 1.165) is 0 Å². The van der Waals surface area contributed by atoms with Crippen LogP contribution in [0.5, 0.6) is 0 Å². The normalized spacial score (nSPS) is 20.3. The van der Waals surface area contributed by atoms with E-state index < -0.39 is 0 Å². The maximum atomic E-state index is 2.34. The quantitative estimate of drug-likeness (QED) is 0.556. The van der Waals surface area contributed by atoms with E-state index in [-0.39, 0.29) is 0 Å². The van der Waals surface area contributed by atoms with Gasteiger partial charge in [0.1, 0.15) is 0 Å². The second kappa shape index (κ2) is 3.29. The van der Waals surface area contributed by atoms with Crippen LogP contribution in [-0.4, -0.2) is 0 Å². The van der Waals surface area contributed by atoms with Gasteiger partial charge in [0.2, 0.25) is 0 Å². The molecule has 1 aliphatic heterocycles. The lowest BCUT2D eigenvalue weighted by Crippen LogP contribution is -1.94. The average Bonchev–Trinajstić information content (AvgIpc) is 1.85. The molecule has 0 fully saturated rings. The van der Waals surface area contributed by atoms with E-state index in [0.29, 0.717) is 5.92 Å². The van der Waals surface area contributed by atoms with Gasteiger partial charge in [0.05, 0.1) is 0 Å². The van der Waals surface area contributed by atoms with Gasteiger partial charge in [-0.1, -0.05) is 19.1 Å². The maximum Gasteiger partial charge on any atom is -0.00343 e. The molecule has 0 aromatic heterocycles. The minimum absolute atomic E-state index is 0.696. The molecule has 0 bridgehead atoms. The second-order valence-electron chi connectivity index (χ2n) is 2.73. The van der Waals surface area contributed by atoms with E-state index in [1.54, 1.807) is 0 Å². The minimum Gasteiger partial charge on any atom is -0.100 e. The van der Waals surface area contributed by atoms with Crippen LogP contribution >= 0.6 is 11.8 Å². The van der Waals surface area contributed by atoms with Crippen molar-refractivity contribution in [2.24, 2.45) is 5.92 Å². The standard InChI is InChI=1S/C9H14S/c1-4-9-5-7(2)10-8(3)6-9/h5-6,9H,4H2,1-3H3. The van der Waals surface area contributed by atoms with Crippen LogP contribution in [-0.2, 0) is 0 Å². The molecule has 0 radical (unpaired) electrons. The number of rotatable bonds is 1. The van der Waals surface area contributed by atoms with Crippen molar-refractivity contribution in [1.29, 1.82) is 0 Å². The summed E-state index contributed by atoms with van der Waals surface area (Å²) in [4.78, 5) is 2.90. The smallest absolute Gasteiger partial charge is 0.00343 e. The van der Waals surface area contributed by atoms with Crippen molar-refractivity contribution in [1.82, 2.24) is 0 Å². The monoisotopic (exact) mass is 154 g/mol. The third-order valence-electron chi connectivity index (χ3n) is 1.69. The van der Waals surface area contributed by atoms with Crippen LogP contribution in [0.25, 0.3) is 0 Å². The Kier molecular flexibility index (Phi) is 2.61. The van der Waals surface area contributed by atoms with Gasteiger partial charge in [0.25, 0.3) is 0 Å². The molecule has 10 heavy (non-hydrogen) atoms. The van der Waals surface area contributed by atoms with Crippen molar-refractivity contribution in [3.05, 3.63) is 22.0 Å². The largest absolute Gasteiger partial charge is 0.100 e. The number of hydrogen-bond donors (Lipinski definition) is 0. The summed E-state index contributed by atoms with van der Waals surface area (Å²) in [6, 6.07) is 0. The van der Waals surface area contributed by atoms with E-state index in [4.69, 9.17) is 0 Å². The van der Waals surface area contributed by atoms with Crippen molar-refractivity contribution in [3.8, 4) is 0 Å². The van der Waals surface area contributed by atoms with E-state index in [1.807, 2.05) is 11.8 Å². The fraction of sp³-hybridized carbons (Fsp3) is 0.556. The highest BCUT2D eigenvalue weighted by molar-refractivity contribution is 8.06. The Morgan fingerprint density at radius 2 is 1.80 bits per heavy atom. The van der Waals surface area contributed by atoms with Gasteiger partial charge in [-0.2, -0.15) is 0 Å². The summed E-state index contributed by atoms with van der Waals surface area (Å²) in [5.41, 5.74) is 0. The summed E-state index contributed by atoms with van der Waals surface area (Å²) in [6.45, 7) is 6.60. The molecule has 0 amide bonds. The first-order chi connectivity index (χ1) is 4.72. The Labute approximate surface area is 67.4 Å². The maximum absolute atomic E-state index is 2.34. The molecular weight excluding hydrogens is 140 g/mol. The number of hydrogen-bond acceptors (Lipinski definition) is 1. The summed E-state index contributed by atoms with van der Waals surface area (Å²) >= 11 is 1.88. The second-order valence-corrected chi connectivity index (χ2v) is 4.22. The molecule has 0 aliphatic carbocycles. The van der Waals surface area contributed by atoms with Crippen molar-refractivity contribution < 1.29 is 0 Å². The lowest BCUT2D eigenvalue weighted by Gasteiger charge is -2.14. The zero-order valence-corrected chi connectivity index (χ0v) is 7.66. The zero-order valence-electron chi connectivity index (χ0n) is 6.85. The molecule has 0 unspecified atom stereocenters. The highest BCUT2D eigenvalue weighted by Gasteiger charge is 2.06. The average molecular weight is 154 g/mol. The zero-order chi connectivity index (χ0) is 7.56. The highest BCUT2D eigenvalue weighted by atomic mass is 32.2. The molecule has 0 atom stereocenters. The van der Waals surface area contributed by atoms with Gasteiger partial charge in [-0.3, -0.25) is 0 Å². The molecule has 56 valence electrons. The highest BCUT2D eigenvalue weighted by Crippen LogP contribution is 2.32. The van der Waals surface area contributed by atoms with Crippen LogP contribution < -0.4 is 0 Å². The molecule has 0 saturated carbocycles. The molecule has 0 spiro atoms. The van der Waals surface area contributed by atoms with Crippen LogP contribution in [0.2, 0.25) is 0 Å². The first-order valence-electron chi connectivity index (χ1n) is 3.77. The molecular formula is C9H14S. The predicted octanol–water partition coefficient (Wildman–Crippen LogP) is 3.57. The van der Waals surface area contributed by atoms with Crippen LogP contribution in [0.4, 0.5) is 0 Å². The third-order valence-corrected chi connectivity index (χ3v) is 2.61. The molecule has 1 heterocycles. The Bertz CT molecular complexity index is 159. The topological polar surface area (TPSA) is 0 Å². The van der Waals surface area contributed by atoms with Gasteiger partial charge in [-0.05, 0) is 36.0 Å². The fourth-order valence-electron chi connectivity index (χ4n) is 1.21. The summed E-state index contributed by atoms with van der Waals surface area (Å²) in [5.74, 6) is 0.696. The molecule has 1 aliphatic rings. The molecule has 0 aromatic carbocycles. The van der Waals surface area contributed by atoms with Gasteiger partial charge in [0.15, 0.2) is 0 Å². The Balaban J connectivity index is 2.67. The van der Waals surface area contributed by atoms with Gasteiger partial charge in [-0.15, -0.1) is 11.8 Å². The Morgan fingerprint density at radius 3 is 2.20 bits per heavy atom. The molecule has 0 saturated heterocycles. The van der Waals surface area contributed by atoms with Gasteiger partial charge < -0.3 is 0 Å². The van der Waals surface area contributed by atoms with Crippen molar-refractivity contribution in [3.63, 3.8) is 0 Å². The van der Waals surface area contributed by atoms with E-state index in [1.165, 1.54) is 16.2 Å². The summed E-state index contributed by atoms with van der Waals surface area (Å²) in [7, 11) is 0.